The molecule has 1 aliphatic rings. The Hall–Kier alpha value is -3.26. The van der Waals surface area contributed by atoms with Gasteiger partial charge in [-0.3, -0.25) is 4.98 Å². The maximum absolute atomic E-state index is 5.04. The van der Waals surface area contributed by atoms with Crippen molar-refractivity contribution in [3.05, 3.63) is 84.2 Å². The van der Waals surface area contributed by atoms with Crippen LogP contribution in [0.4, 0.5) is 0 Å². The Kier molecular flexibility index (Phi) is 2.43. The molecule has 5 aromatic rings. The normalized spacial score (nSPS) is 12.6. The fourth-order valence-electron chi connectivity index (χ4n) is 4.13. The van der Waals surface area contributed by atoms with Crippen molar-refractivity contribution >= 4 is 32.6 Å². The van der Waals surface area contributed by atoms with Crippen LogP contribution in [0.3, 0.4) is 0 Å². The number of hydrogen-bond donors (Lipinski definition) is 0. The van der Waals surface area contributed by atoms with E-state index in [1.54, 1.807) is 0 Å². The van der Waals surface area contributed by atoms with E-state index in [1.165, 1.54) is 27.5 Å². The standard InChI is InChI=1S/C23H14N2/c1-2-6-18-14(4-1)7-9-16-13-20-19(21(16)18)12-17-10-8-15-5-3-11-24-22(15)23(17)25-20/h1-12H,13H2. The first kappa shape index (κ1) is 13.1. The van der Waals surface area contributed by atoms with Gasteiger partial charge in [-0.15, -0.1) is 0 Å². The van der Waals surface area contributed by atoms with E-state index in [4.69, 9.17) is 4.98 Å². The van der Waals surface area contributed by atoms with Crippen LogP contribution in [-0.4, -0.2) is 9.97 Å². The highest BCUT2D eigenvalue weighted by Crippen LogP contribution is 2.42. The lowest BCUT2D eigenvalue weighted by Crippen LogP contribution is -1.91. The minimum absolute atomic E-state index is 0.897. The zero-order chi connectivity index (χ0) is 16.4. The Bertz CT molecular complexity index is 1320. The van der Waals surface area contributed by atoms with Gasteiger partial charge in [-0.25, -0.2) is 4.98 Å². The Morgan fingerprint density at radius 2 is 1.56 bits per heavy atom. The van der Waals surface area contributed by atoms with Gasteiger partial charge < -0.3 is 0 Å². The van der Waals surface area contributed by atoms with Gasteiger partial charge in [0.1, 0.15) is 0 Å². The van der Waals surface area contributed by atoms with Crippen molar-refractivity contribution in [1.29, 1.82) is 0 Å². The van der Waals surface area contributed by atoms with Gasteiger partial charge in [-0.1, -0.05) is 54.6 Å². The number of nitrogens with zero attached hydrogens (tertiary/aromatic N) is 2. The molecule has 2 aromatic heterocycles. The van der Waals surface area contributed by atoms with E-state index in [9.17, 15) is 0 Å². The molecule has 0 saturated heterocycles. The lowest BCUT2D eigenvalue weighted by Gasteiger charge is -2.08. The summed E-state index contributed by atoms with van der Waals surface area (Å²) in [5.74, 6) is 0. The van der Waals surface area contributed by atoms with Gasteiger partial charge in [0.2, 0.25) is 0 Å². The summed E-state index contributed by atoms with van der Waals surface area (Å²) in [5.41, 5.74) is 7.15. The average Bonchev–Trinajstić information content (AvgIpc) is 3.04. The smallest absolute Gasteiger partial charge is 0.0968 e. The maximum Gasteiger partial charge on any atom is 0.0968 e. The van der Waals surface area contributed by atoms with E-state index in [0.29, 0.717) is 0 Å². The van der Waals surface area contributed by atoms with Crippen molar-refractivity contribution in [3.8, 4) is 11.1 Å². The Labute approximate surface area is 144 Å². The number of pyridine rings is 2. The molecule has 0 radical (unpaired) electrons. The first-order valence-electron chi connectivity index (χ1n) is 8.57. The second kappa shape index (κ2) is 4.64. The van der Waals surface area contributed by atoms with Gasteiger partial charge in [0.25, 0.3) is 0 Å². The van der Waals surface area contributed by atoms with Crippen molar-refractivity contribution in [2.24, 2.45) is 0 Å². The van der Waals surface area contributed by atoms with E-state index in [2.05, 4.69) is 65.6 Å². The highest BCUT2D eigenvalue weighted by atomic mass is 14.8. The number of benzene rings is 3. The Balaban J connectivity index is 1.73. The van der Waals surface area contributed by atoms with Crippen LogP contribution in [-0.2, 0) is 6.42 Å². The largest absolute Gasteiger partial charge is 0.254 e. The second-order valence-electron chi connectivity index (χ2n) is 6.69. The molecule has 0 atom stereocenters. The van der Waals surface area contributed by atoms with Crippen molar-refractivity contribution in [3.63, 3.8) is 0 Å². The SMILES string of the molecule is c1ccc2c3c(ccc2c1)Cc1nc2c(ccc4cccnc42)cc1-3. The molecule has 25 heavy (non-hydrogen) atoms. The van der Waals surface area contributed by atoms with Gasteiger partial charge in [-0.05, 0) is 34.0 Å². The summed E-state index contributed by atoms with van der Waals surface area (Å²) >= 11 is 0. The van der Waals surface area contributed by atoms with E-state index >= 15 is 0 Å². The minimum atomic E-state index is 0.897. The summed E-state index contributed by atoms with van der Waals surface area (Å²) in [6.07, 6.45) is 2.74. The number of fused-ring (bicyclic) bond motifs is 8. The van der Waals surface area contributed by atoms with E-state index in [-0.39, 0.29) is 0 Å². The van der Waals surface area contributed by atoms with E-state index < -0.39 is 0 Å². The average molecular weight is 318 g/mol. The van der Waals surface area contributed by atoms with Gasteiger partial charge in [0, 0.05) is 29.0 Å². The van der Waals surface area contributed by atoms with E-state index in [0.717, 1.165) is 33.9 Å². The molecule has 0 aliphatic heterocycles. The van der Waals surface area contributed by atoms with E-state index in [1.807, 2.05) is 12.3 Å². The van der Waals surface area contributed by atoms with Crippen LogP contribution in [0.25, 0.3) is 43.7 Å². The third-order valence-corrected chi connectivity index (χ3v) is 5.28. The highest BCUT2D eigenvalue weighted by Gasteiger charge is 2.23. The summed E-state index contributed by atoms with van der Waals surface area (Å²) in [7, 11) is 0. The molecule has 2 heterocycles. The molecule has 1 aliphatic carbocycles. The van der Waals surface area contributed by atoms with Crippen LogP contribution in [0, 0.1) is 0 Å². The number of rotatable bonds is 0. The van der Waals surface area contributed by atoms with Crippen LogP contribution < -0.4 is 0 Å². The summed E-state index contributed by atoms with van der Waals surface area (Å²) < 4.78 is 0. The van der Waals surface area contributed by atoms with Crippen LogP contribution in [0.5, 0.6) is 0 Å². The highest BCUT2D eigenvalue weighted by molar-refractivity contribution is 6.07. The molecule has 0 bridgehead atoms. The fraction of sp³-hybridized carbons (Fsp3) is 0.0435. The second-order valence-corrected chi connectivity index (χ2v) is 6.69. The molecular formula is C23H14N2. The van der Waals surface area contributed by atoms with Crippen molar-refractivity contribution in [1.82, 2.24) is 9.97 Å². The van der Waals surface area contributed by atoms with Gasteiger partial charge in [0.05, 0.1) is 16.7 Å². The summed E-state index contributed by atoms with van der Waals surface area (Å²) in [5, 5.41) is 4.90. The van der Waals surface area contributed by atoms with Crippen LogP contribution in [0.15, 0.2) is 72.9 Å². The quantitative estimate of drug-likeness (QED) is 0.345. The lowest BCUT2D eigenvalue weighted by atomic mass is 9.97. The first-order chi connectivity index (χ1) is 12.4. The molecule has 116 valence electrons. The molecule has 2 nitrogen and oxygen atoms in total. The molecule has 0 unspecified atom stereocenters. The molecule has 2 heteroatoms. The molecule has 0 amide bonds. The number of aromatic nitrogens is 2. The fourth-order valence-corrected chi connectivity index (χ4v) is 4.13. The molecule has 0 saturated carbocycles. The molecular weight excluding hydrogens is 304 g/mol. The van der Waals surface area contributed by atoms with Crippen LogP contribution >= 0.6 is 0 Å². The third kappa shape index (κ3) is 1.74. The summed E-state index contributed by atoms with van der Waals surface area (Å²) in [6, 6.07) is 23.7. The zero-order valence-electron chi connectivity index (χ0n) is 13.5. The Morgan fingerprint density at radius 1 is 0.720 bits per heavy atom. The summed E-state index contributed by atoms with van der Waals surface area (Å²) in [6.45, 7) is 0. The first-order valence-corrected chi connectivity index (χ1v) is 8.57. The monoisotopic (exact) mass is 318 g/mol. The molecule has 0 fully saturated rings. The van der Waals surface area contributed by atoms with Crippen molar-refractivity contribution in [2.75, 3.05) is 0 Å². The van der Waals surface area contributed by atoms with Crippen molar-refractivity contribution in [2.45, 2.75) is 6.42 Å². The van der Waals surface area contributed by atoms with Crippen LogP contribution in [0.1, 0.15) is 11.3 Å². The van der Waals surface area contributed by atoms with Gasteiger partial charge >= 0.3 is 0 Å². The zero-order valence-corrected chi connectivity index (χ0v) is 13.5. The molecule has 0 N–H and O–H groups in total. The molecule has 0 spiro atoms. The van der Waals surface area contributed by atoms with Crippen LogP contribution in [0.2, 0.25) is 0 Å². The predicted octanol–water partition coefficient (Wildman–Crippen LogP) is 5.51. The third-order valence-electron chi connectivity index (χ3n) is 5.28. The van der Waals surface area contributed by atoms with Crippen molar-refractivity contribution < 1.29 is 0 Å². The predicted molar refractivity (Wildman–Crippen MR) is 103 cm³/mol. The molecule has 6 rings (SSSR count). The topological polar surface area (TPSA) is 25.8 Å². The lowest BCUT2D eigenvalue weighted by molar-refractivity contribution is 1.15. The maximum atomic E-state index is 5.04. The minimum Gasteiger partial charge on any atom is -0.254 e. The molecule has 3 aromatic carbocycles. The number of hydrogen-bond acceptors (Lipinski definition) is 2. The summed E-state index contributed by atoms with van der Waals surface area (Å²) in [4.78, 5) is 9.61. The Morgan fingerprint density at radius 3 is 2.56 bits per heavy atom. The van der Waals surface area contributed by atoms with Gasteiger partial charge in [0.15, 0.2) is 0 Å². The van der Waals surface area contributed by atoms with Gasteiger partial charge in [-0.2, -0.15) is 0 Å².